The number of fused-ring (bicyclic) bond motifs is 1. The molecule has 3 aromatic rings. The Morgan fingerprint density at radius 1 is 1.26 bits per heavy atom. The number of aliphatic hydroxyl groups is 1. The Hall–Kier alpha value is -2.98. The quantitative estimate of drug-likeness (QED) is 0.379. The van der Waals surface area contributed by atoms with Crippen molar-refractivity contribution in [3.63, 3.8) is 0 Å². The third kappa shape index (κ3) is 5.96. The summed E-state index contributed by atoms with van der Waals surface area (Å²) in [4.78, 5) is 19.1. The number of likely N-dealkylation sites (N-methyl/N-ethyl adjacent to an activating group) is 1. The Kier molecular flexibility index (Phi) is 8.37. The van der Waals surface area contributed by atoms with Gasteiger partial charge in [0.25, 0.3) is 26.0 Å². The van der Waals surface area contributed by atoms with Crippen molar-refractivity contribution >= 4 is 43.0 Å². The zero-order valence-electron chi connectivity index (χ0n) is 21.9. The highest BCUT2D eigenvalue weighted by Gasteiger charge is 2.37. The van der Waals surface area contributed by atoms with Crippen molar-refractivity contribution in [3.05, 3.63) is 53.8 Å². The van der Waals surface area contributed by atoms with Crippen LogP contribution >= 0.6 is 11.3 Å². The van der Waals surface area contributed by atoms with Gasteiger partial charge >= 0.3 is 0 Å². The predicted octanol–water partition coefficient (Wildman–Crippen LogP) is 1.82. The molecule has 1 amide bonds. The number of thiophene rings is 1. The van der Waals surface area contributed by atoms with Crippen molar-refractivity contribution in [2.45, 2.75) is 35.2 Å². The molecule has 39 heavy (non-hydrogen) atoms. The minimum Gasteiger partial charge on any atom is -0.486 e. The van der Waals surface area contributed by atoms with Crippen molar-refractivity contribution in [1.29, 1.82) is 0 Å². The van der Waals surface area contributed by atoms with E-state index in [1.807, 2.05) is 0 Å². The van der Waals surface area contributed by atoms with Crippen molar-refractivity contribution in [3.8, 4) is 5.75 Å². The minimum atomic E-state index is -3.98. The number of carbonyl (C=O) groups excluding carboxylic acids is 1. The first-order chi connectivity index (χ1) is 18.3. The number of amides is 1. The van der Waals surface area contributed by atoms with E-state index in [4.69, 9.17) is 4.74 Å². The standard InChI is InChI=1S/C24H31N5O7S3/c1-16-11-29(17(2)14-30)24(31)18-7-5-8-19(26-38(32,33)22-9-6-10-37-22)23(18)36-20(16)12-28(4)39(34,35)21-13-27(3)15-25-21/h5-10,13,15-17,20,26,30H,11-12,14H2,1-4H3/t16-,17-,20-/m0/s1. The van der Waals surface area contributed by atoms with Gasteiger partial charge in [-0.1, -0.05) is 19.1 Å². The van der Waals surface area contributed by atoms with E-state index in [1.165, 1.54) is 53.3 Å². The van der Waals surface area contributed by atoms with E-state index < -0.39 is 44.0 Å². The molecule has 3 heterocycles. The fourth-order valence-electron chi connectivity index (χ4n) is 4.19. The van der Waals surface area contributed by atoms with Crippen LogP contribution in [0.4, 0.5) is 5.69 Å². The van der Waals surface area contributed by atoms with E-state index in [9.17, 15) is 26.7 Å². The summed E-state index contributed by atoms with van der Waals surface area (Å²) < 4.78 is 64.0. The lowest BCUT2D eigenvalue weighted by atomic mass is 9.99. The number of aryl methyl sites for hydroxylation is 1. The van der Waals surface area contributed by atoms with Gasteiger partial charge in [-0.2, -0.15) is 4.31 Å². The first kappa shape index (κ1) is 29.0. The third-order valence-corrected chi connectivity index (χ3v) is 11.0. The molecule has 0 aliphatic carbocycles. The predicted molar refractivity (Wildman–Crippen MR) is 146 cm³/mol. The van der Waals surface area contributed by atoms with Crippen molar-refractivity contribution in [2.24, 2.45) is 13.0 Å². The SMILES string of the molecule is C[C@H]1CN([C@@H](C)CO)C(=O)c2cccc(NS(=O)(=O)c3cccs3)c2O[C@H]1CN(C)S(=O)(=O)c1cn(C)cn1. The summed E-state index contributed by atoms with van der Waals surface area (Å²) in [6, 6.07) is 7.05. The summed E-state index contributed by atoms with van der Waals surface area (Å²) in [5.74, 6) is -0.860. The Bertz CT molecular complexity index is 1540. The highest BCUT2D eigenvalue weighted by molar-refractivity contribution is 7.94. The highest BCUT2D eigenvalue weighted by Crippen LogP contribution is 2.36. The van der Waals surface area contributed by atoms with Gasteiger partial charge in [-0.3, -0.25) is 9.52 Å². The number of aromatic nitrogens is 2. The average molecular weight is 598 g/mol. The van der Waals surface area contributed by atoms with Crippen molar-refractivity contribution in [1.82, 2.24) is 18.8 Å². The number of ether oxygens (including phenoxy) is 1. The average Bonchev–Trinajstić information content (AvgIpc) is 3.59. The topological polar surface area (TPSA) is 151 Å². The number of nitrogens with one attached hydrogen (secondary N) is 1. The van der Waals surface area contributed by atoms with Crippen LogP contribution in [0.5, 0.6) is 5.75 Å². The van der Waals surface area contributed by atoms with E-state index >= 15 is 0 Å². The fraction of sp³-hybridized carbons (Fsp3) is 0.417. The maximum absolute atomic E-state index is 13.6. The maximum Gasteiger partial charge on any atom is 0.271 e. The molecule has 0 saturated carbocycles. The van der Waals surface area contributed by atoms with Gasteiger partial charge in [0.05, 0.1) is 36.8 Å². The molecule has 0 bridgehead atoms. The number of anilines is 1. The first-order valence-corrected chi connectivity index (χ1v) is 15.9. The normalized spacial score (nSPS) is 19.2. The molecule has 0 saturated heterocycles. The third-order valence-electron chi connectivity index (χ3n) is 6.49. The second-order valence-corrected chi connectivity index (χ2v) is 14.4. The van der Waals surface area contributed by atoms with Gasteiger partial charge in [0, 0.05) is 32.8 Å². The minimum absolute atomic E-state index is 0.0158. The van der Waals surface area contributed by atoms with Gasteiger partial charge in [0.1, 0.15) is 10.3 Å². The number of carbonyl (C=O) groups is 1. The number of nitrogens with zero attached hydrogens (tertiary/aromatic N) is 4. The van der Waals surface area contributed by atoms with Crippen LogP contribution in [0.25, 0.3) is 0 Å². The molecule has 1 aromatic carbocycles. The van der Waals surface area contributed by atoms with Crippen LogP contribution in [0.1, 0.15) is 24.2 Å². The lowest BCUT2D eigenvalue weighted by Crippen LogP contribution is -2.50. The molecule has 2 aromatic heterocycles. The molecule has 1 aliphatic rings. The van der Waals surface area contributed by atoms with Gasteiger partial charge < -0.3 is 19.3 Å². The van der Waals surface area contributed by atoms with E-state index in [1.54, 1.807) is 32.3 Å². The number of sulfonamides is 2. The van der Waals surface area contributed by atoms with Gasteiger partial charge in [0.15, 0.2) is 10.8 Å². The van der Waals surface area contributed by atoms with E-state index in [0.29, 0.717) is 0 Å². The number of hydrogen-bond donors (Lipinski definition) is 2. The molecule has 212 valence electrons. The van der Waals surface area contributed by atoms with Crippen LogP contribution in [0.15, 0.2) is 57.5 Å². The molecular formula is C24H31N5O7S3. The van der Waals surface area contributed by atoms with Crippen LogP contribution in [0.2, 0.25) is 0 Å². The Morgan fingerprint density at radius 3 is 2.62 bits per heavy atom. The summed E-state index contributed by atoms with van der Waals surface area (Å²) in [5.41, 5.74) is 0.133. The maximum atomic E-state index is 13.6. The molecule has 15 heteroatoms. The molecule has 0 spiro atoms. The molecule has 1 aliphatic heterocycles. The molecule has 0 radical (unpaired) electrons. The molecule has 0 unspecified atom stereocenters. The lowest BCUT2D eigenvalue weighted by molar-refractivity contribution is 0.0389. The number of para-hydroxylation sites is 1. The van der Waals surface area contributed by atoms with E-state index in [-0.39, 0.29) is 45.9 Å². The number of aliphatic hydroxyl groups excluding tert-OH is 1. The van der Waals surface area contributed by atoms with Gasteiger partial charge in [0.2, 0.25) is 0 Å². The molecule has 12 nitrogen and oxygen atoms in total. The smallest absolute Gasteiger partial charge is 0.271 e. The summed E-state index contributed by atoms with van der Waals surface area (Å²) in [6.07, 6.45) is 1.99. The molecule has 0 fully saturated rings. The summed E-state index contributed by atoms with van der Waals surface area (Å²) >= 11 is 1.04. The Morgan fingerprint density at radius 2 is 2.00 bits per heavy atom. The van der Waals surface area contributed by atoms with E-state index in [0.717, 1.165) is 15.6 Å². The first-order valence-electron chi connectivity index (χ1n) is 12.1. The van der Waals surface area contributed by atoms with Crippen LogP contribution in [-0.2, 0) is 27.1 Å². The van der Waals surface area contributed by atoms with Gasteiger partial charge in [-0.25, -0.2) is 21.8 Å². The second kappa shape index (κ2) is 11.3. The molecule has 3 atom stereocenters. The second-order valence-electron chi connectivity index (χ2n) is 9.51. The largest absolute Gasteiger partial charge is 0.486 e. The summed E-state index contributed by atoms with van der Waals surface area (Å²) in [5, 5.41) is 11.4. The van der Waals surface area contributed by atoms with Crippen molar-refractivity contribution in [2.75, 3.05) is 31.5 Å². The lowest BCUT2D eigenvalue weighted by Gasteiger charge is -2.38. The summed E-state index contributed by atoms with van der Waals surface area (Å²) in [7, 11) is -4.87. The zero-order valence-corrected chi connectivity index (χ0v) is 24.3. The molecular weight excluding hydrogens is 566 g/mol. The van der Waals surface area contributed by atoms with Crippen LogP contribution in [-0.4, -0.2) is 85.5 Å². The number of rotatable bonds is 9. The fourth-order valence-corrected chi connectivity index (χ4v) is 7.38. The number of hydrogen-bond acceptors (Lipinski definition) is 9. The Labute approximate surface area is 231 Å². The van der Waals surface area contributed by atoms with Gasteiger partial charge in [-0.05, 0) is 30.5 Å². The summed E-state index contributed by atoms with van der Waals surface area (Å²) in [6.45, 7) is 3.27. The van der Waals surface area contributed by atoms with Crippen LogP contribution < -0.4 is 9.46 Å². The molecule has 4 rings (SSSR count). The highest BCUT2D eigenvalue weighted by atomic mass is 32.2. The van der Waals surface area contributed by atoms with Crippen LogP contribution in [0, 0.1) is 5.92 Å². The zero-order chi connectivity index (χ0) is 28.5. The molecule has 2 N–H and O–H groups in total. The monoisotopic (exact) mass is 597 g/mol. The van der Waals surface area contributed by atoms with Crippen LogP contribution in [0.3, 0.4) is 0 Å². The Balaban J connectivity index is 1.76. The number of benzene rings is 1. The number of imidazole rings is 1. The van der Waals surface area contributed by atoms with Crippen molar-refractivity contribution < 1.29 is 31.5 Å². The van der Waals surface area contributed by atoms with E-state index in [2.05, 4.69) is 9.71 Å². The van der Waals surface area contributed by atoms with Gasteiger partial charge in [-0.15, -0.1) is 11.3 Å².